The maximum absolute atomic E-state index is 13.0. The lowest BCUT2D eigenvalue weighted by Crippen LogP contribution is -2.25. The van der Waals surface area contributed by atoms with Crippen LogP contribution in [-0.2, 0) is 11.3 Å². The van der Waals surface area contributed by atoms with Gasteiger partial charge in [-0.1, -0.05) is 0 Å². The van der Waals surface area contributed by atoms with Crippen molar-refractivity contribution < 1.29 is 9.13 Å². The van der Waals surface area contributed by atoms with E-state index in [1.165, 1.54) is 23.0 Å². The van der Waals surface area contributed by atoms with Crippen molar-refractivity contribution in [2.24, 2.45) is 0 Å². The molecule has 3 rings (SSSR count). The highest BCUT2D eigenvalue weighted by molar-refractivity contribution is 5.75. The number of aryl methyl sites for hydroxylation is 1. The molecule has 7 heteroatoms. The van der Waals surface area contributed by atoms with E-state index in [0.29, 0.717) is 35.7 Å². The third-order valence-electron chi connectivity index (χ3n) is 3.47. The smallest absolute Gasteiger partial charge is 0.264 e. The van der Waals surface area contributed by atoms with Crippen molar-refractivity contribution in [2.75, 3.05) is 13.7 Å². The fourth-order valence-corrected chi connectivity index (χ4v) is 2.32. The lowest BCUT2D eigenvalue weighted by atomic mass is 10.3. The van der Waals surface area contributed by atoms with Crippen LogP contribution in [0.4, 0.5) is 4.39 Å². The second kappa shape index (κ2) is 5.69. The molecule has 114 valence electrons. The van der Waals surface area contributed by atoms with Crippen LogP contribution in [0.2, 0.25) is 0 Å². The molecule has 2 heterocycles. The van der Waals surface area contributed by atoms with Crippen molar-refractivity contribution in [3.8, 4) is 5.69 Å². The first-order chi connectivity index (χ1) is 10.6. The predicted octanol–water partition coefficient (Wildman–Crippen LogP) is 1.68. The molecule has 2 aromatic heterocycles. The molecule has 0 spiro atoms. The third kappa shape index (κ3) is 2.39. The molecule has 0 N–H and O–H groups in total. The zero-order chi connectivity index (χ0) is 15.7. The minimum atomic E-state index is -0.328. The van der Waals surface area contributed by atoms with Crippen molar-refractivity contribution in [1.82, 2.24) is 19.3 Å². The molecule has 3 aromatic rings. The van der Waals surface area contributed by atoms with Gasteiger partial charge in [0.25, 0.3) is 5.56 Å². The Morgan fingerprint density at radius 3 is 2.68 bits per heavy atom. The van der Waals surface area contributed by atoms with Crippen LogP contribution in [0.1, 0.15) is 5.82 Å². The normalized spacial score (nSPS) is 11.2. The Morgan fingerprint density at radius 1 is 1.27 bits per heavy atom. The topological polar surface area (TPSA) is 61.9 Å². The van der Waals surface area contributed by atoms with Crippen molar-refractivity contribution in [3.63, 3.8) is 0 Å². The number of rotatable bonds is 4. The van der Waals surface area contributed by atoms with Gasteiger partial charge in [-0.15, -0.1) is 0 Å². The molecule has 0 fully saturated rings. The SMILES string of the molecule is COCCn1c(C)nc2c(cnn2-c2ccc(F)cc2)c1=O. The average molecular weight is 302 g/mol. The Morgan fingerprint density at radius 2 is 2.00 bits per heavy atom. The summed E-state index contributed by atoms with van der Waals surface area (Å²) in [5.74, 6) is 0.254. The molecule has 22 heavy (non-hydrogen) atoms. The summed E-state index contributed by atoms with van der Waals surface area (Å²) in [4.78, 5) is 17.0. The van der Waals surface area contributed by atoms with Gasteiger partial charge in [0, 0.05) is 7.11 Å². The van der Waals surface area contributed by atoms with Crippen LogP contribution in [0.5, 0.6) is 0 Å². The van der Waals surface area contributed by atoms with Gasteiger partial charge < -0.3 is 4.74 Å². The highest BCUT2D eigenvalue weighted by Crippen LogP contribution is 2.15. The lowest BCUT2D eigenvalue weighted by molar-refractivity contribution is 0.185. The fraction of sp³-hybridized carbons (Fsp3) is 0.267. The number of ether oxygens (including phenoxy) is 1. The van der Waals surface area contributed by atoms with E-state index < -0.39 is 0 Å². The molecule has 6 nitrogen and oxygen atoms in total. The van der Waals surface area contributed by atoms with Gasteiger partial charge in [-0.25, -0.2) is 14.1 Å². The molecule has 0 saturated carbocycles. The van der Waals surface area contributed by atoms with Gasteiger partial charge in [0.1, 0.15) is 17.0 Å². The summed E-state index contributed by atoms with van der Waals surface area (Å²) < 4.78 is 21.1. The Kier molecular flexibility index (Phi) is 3.72. The van der Waals surface area contributed by atoms with E-state index in [4.69, 9.17) is 4.74 Å². The van der Waals surface area contributed by atoms with Gasteiger partial charge in [-0.2, -0.15) is 5.10 Å². The third-order valence-corrected chi connectivity index (χ3v) is 3.47. The molecule has 0 bridgehead atoms. The number of hydrogen-bond acceptors (Lipinski definition) is 4. The van der Waals surface area contributed by atoms with Crippen LogP contribution in [0.15, 0.2) is 35.3 Å². The zero-order valence-corrected chi connectivity index (χ0v) is 12.3. The minimum Gasteiger partial charge on any atom is -0.383 e. The molecule has 0 aliphatic heterocycles. The standard InChI is InChI=1S/C15H15FN4O2/c1-10-18-14-13(15(21)19(10)7-8-22-2)9-17-20(14)12-5-3-11(16)4-6-12/h3-6,9H,7-8H2,1-2H3. The molecule has 0 unspecified atom stereocenters. The molecule has 0 aliphatic rings. The van der Waals surface area contributed by atoms with Gasteiger partial charge >= 0.3 is 0 Å². The largest absolute Gasteiger partial charge is 0.383 e. The molecule has 0 atom stereocenters. The molecule has 0 radical (unpaired) electrons. The second-order valence-electron chi connectivity index (χ2n) is 4.88. The van der Waals surface area contributed by atoms with Gasteiger partial charge in [-0.05, 0) is 31.2 Å². The first-order valence-corrected chi connectivity index (χ1v) is 6.82. The molecular weight excluding hydrogens is 287 g/mol. The molecule has 0 amide bonds. The van der Waals surface area contributed by atoms with E-state index in [1.807, 2.05) is 0 Å². The Balaban J connectivity index is 2.16. The number of methoxy groups -OCH3 is 1. The minimum absolute atomic E-state index is 0.159. The number of halogens is 1. The van der Waals surface area contributed by atoms with E-state index in [0.717, 1.165) is 0 Å². The number of hydrogen-bond donors (Lipinski definition) is 0. The number of fused-ring (bicyclic) bond motifs is 1. The van der Waals surface area contributed by atoms with E-state index >= 15 is 0 Å². The van der Waals surface area contributed by atoms with E-state index in [2.05, 4.69) is 10.1 Å². The number of nitrogens with zero attached hydrogens (tertiary/aromatic N) is 4. The van der Waals surface area contributed by atoms with Crippen LogP contribution >= 0.6 is 0 Å². The average Bonchev–Trinajstić information content (AvgIpc) is 2.92. The molecular formula is C15H15FN4O2. The summed E-state index contributed by atoms with van der Waals surface area (Å²) in [6.07, 6.45) is 1.48. The van der Waals surface area contributed by atoms with Gasteiger partial charge in [0.15, 0.2) is 5.65 Å². The van der Waals surface area contributed by atoms with Crippen molar-refractivity contribution in [1.29, 1.82) is 0 Å². The van der Waals surface area contributed by atoms with Crippen LogP contribution < -0.4 is 5.56 Å². The molecule has 0 aliphatic carbocycles. The maximum Gasteiger partial charge on any atom is 0.264 e. The quantitative estimate of drug-likeness (QED) is 0.735. The summed E-state index contributed by atoms with van der Waals surface area (Å²) in [6, 6.07) is 5.87. The van der Waals surface area contributed by atoms with E-state index in [9.17, 15) is 9.18 Å². The van der Waals surface area contributed by atoms with Gasteiger partial charge in [0.05, 0.1) is 25.0 Å². The summed E-state index contributed by atoms with van der Waals surface area (Å²) in [5.41, 5.74) is 0.952. The highest BCUT2D eigenvalue weighted by atomic mass is 19.1. The maximum atomic E-state index is 13.0. The summed E-state index contributed by atoms with van der Waals surface area (Å²) in [7, 11) is 1.58. The van der Waals surface area contributed by atoms with E-state index in [1.54, 1.807) is 30.7 Å². The Labute approximate surface area is 125 Å². The first kappa shape index (κ1) is 14.4. The fourth-order valence-electron chi connectivity index (χ4n) is 2.32. The summed E-state index contributed by atoms with van der Waals surface area (Å²) in [5, 5.41) is 4.63. The van der Waals surface area contributed by atoms with Gasteiger partial charge in [-0.3, -0.25) is 9.36 Å². The molecule has 1 aromatic carbocycles. The van der Waals surface area contributed by atoms with E-state index in [-0.39, 0.29) is 11.4 Å². The van der Waals surface area contributed by atoms with Crippen LogP contribution in [0.25, 0.3) is 16.7 Å². The van der Waals surface area contributed by atoms with Crippen LogP contribution in [-0.4, -0.2) is 33.0 Å². The van der Waals surface area contributed by atoms with Gasteiger partial charge in [0.2, 0.25) is 0 Å². The second-order valence-corrected chi connectivity index (χ2v) is 4.88. The Hall–Kier alpha value is -2.54. The predicted molar refractivity (Wildman–Crippen MR) is 79.7 cm³/mol. The van der Waals surface area contributed by atoms with Crippen molar-refractivity contribution >= 4 is 11.0 Å². The van der Waals surface area contributed by atoms with Crippen LogP contribution in [0, 0.1) is 12.7 Å². The highest BCUT2D eigenvalue weighted by Gasteiger charge is 2.13. The number of aromatic nitrogens is 4. The first-order valence-electron chi connectivity index (χ1n) is 6.82. The zero-order valence-electron chi connectivity index (χ0n) is 12.3. The van der Waals surface area contributed by atoms with Crippen LogP contribution in [0.3, 0.4) is 0 Å². The van der Waals surface area contributed by atoms with Crippen molar-refractivity contribution in [2.45, 2.75) is 13.5 Å². The summed E-state index contributed by atoms with van der Waals surface area (Å²) in [6.45, 7) is 2.63. The summed E-state index contributed by atoms with van der Waals surface area (Å²) >= 11 is 0. The Bertz CT molecular complexity index is 868. The van der Waals surface area contributed by atoms with Crippen molar-refractivity contribution in [3.05, 3.63) is 52.5 Å². The lowest BCUT2D eigenvalue weighted by Gasteiger charge is -2.09. The molecule has 0 saturated heterocycles. The number of benzene rings is 1. The monoisotopic (exact) mass is 302 g/mol.